The normalized spacial score (nSPS) is 9.87. The topological polar surface area (TPSA) is 104 Å². The molecule has 15 heavy (non-hydrogen) atoms. The Hall–Kier alpha value is -2.05. The lowest BCUT2D eigenvalue weighted by Gasteiger charge is -2.03. The van der Waals surface area contributed by atoms with Crippen molar-refractivity contribution in [2.24, 2.45) is 0 Å². The van der Waals surface area contributed by atoms with Crippen LogP contribution in [0.1, 0.15) is 6.42 Å². The first kappa shape index (κ1) is 11.0. The minimum Gasteiger partial charge on any atom is -0.465 e. The van der Waals surface area contributed by atoms with Crippen molar-refractivity contribution in [2.45, 2.75) is 13.0 Å². The third kappa shape index (κ3) is 3.29. The molecule has 1 amide bonds. The molecule has 0 atom stereocenters. The number of carbonyl (C=O) groups is 1. The van der Waals surface area contributed by atoms with E-state index in [4.69, 9.17) is 5.11 Å². The molecule has 0 fully saturated rings. The Morgan fingerprint density at radius 1 is 1.53 bits per heavy atom. The number of amides is 1. The molecule has 7 heteroatoms. The summed E-state index contributed by atoms with van der Waals surface area (Å²) < 4.78 is 1.02. The summed E-state index contributed by atoms with van der Waals surface area (Å²) >= 11 is 0. The van der Waals surface area contributed by atoms with Gasteiger partial charge in [-0.2, -0.15) is 0 Å². The van der Waals surface area contributed by atoms with Gasteiger partial charge < -0.3 is 15.4 Å². The second-order valence-electron chi connectivity index (χ2n) is 2.86. The maximum Gasteiger partial charge on any atom is 0.404 e. The van der Waals surface area contributed by atoms with E-state index in [9.17, 15) is 14.4 Å². The zero-order valence-corrected chi connectivity index (χ0v) is 7.90. The van der Waals surface area contributed by atoms with Crippen molar-refractivity contribution in [3.63, 3.8) is 0 Å². The summed E-state index contributed by atoms with van der Waals surface area (Å²) in [7, 11) is 0. The van der Waals surface area contributed by atoms with Gasteiger partial charge in [-0.3, -0.25) is 9.36 Å². The summed E-state index contributed by atoms with van der Waals surface area (Å²) in [5, 5.41) is 10.4. The summed E-state index contributed by atoms with van der Waals surface area (Å²) in [5.41, 5.74) is -0.882. The van der Waals surface area contributed by atoms with Crippen LogP contribution in [0, 0.1) is 0 Å². The fourth-order valence-electron chi connectivity index (χ4n) is 1.10. The lowest BCUT2D eigenvalue weighted by Crippen LogP contribution is -2.35. The molecule has 0 spiro atoms. The highest BCUT2D eigenvalue weighted by atomic mass is 16.4. The average Bonchev–Trinajstić information content (AvgIpc) is 2.15. The van der Waals surface area contributed by atoms with Gasteiger partial charge in [0.05, 0.1) is 0 Å². The van der Waals surface area contributed by atoms with E-state index in [1.165, 1.54) is 12.3 Å². The number of nitrogens with one attached hydrogen (secondary N) is 2. The number of aromatic nitrogens is 2. The highest BCUT2D eigenvalue weighted by molar-refractivity contribution is 5.64. The molecule has 82 valence electrons. The summed E-state index contributed by atoms with van der Waals surface area (Å²) in [4.78, 5) is 34.8. The lowest BCUT2D eigenvalue weighted by atomic mass is 10.4. The van der Waals surface area contributed by atoms with Crippen molar-refractivity contribution in [1.29, 1.82) is 0 Å². The molecule has 7 nitrogen and oxygen atoms in total. The zero-order valence-electron chi connectivity index (χ0n) is 7.90. The van der Waals surface area contributed by atoms with Gasteiger partial charge in [-0.1, -0.05) is 0 Å². The van der Waals surface area contributed by atoms with Gasteiger partial charge in [-0.15, -0.1) is 0 Å². The van der Waals surface area contributed by atoms with Crippen molar-refractivity contribution < 1.29 is 9.90 Å². The van der Waals surface area contributed by atoms with Gasteiger partial charge in [0.15, 0.2) is 0 Å². The van der Waals surface area contributed by atoms with Gasteiger partial charge in [0.1, 0.15) is 0 Å². The van der Waals surface area contributed by atoms with Gasteiger partial charge in [0.2, 0.25) is 0 Å². The van der Waals surface area contributed by atoms with E-state index in [1.807, 2.05) is 0 Å². The molecule has 0 aromatic carbocycles. The maximum absolute atomic E-state index is 11.2. The van der Waals surface area contributed by atoms with Crippen molar-refractivity contribution in [3.8, 4) is 0 Å². The quantitative estimate of drug-likeness (QED) is 0.569. The molecule has 0 radical (unpaired) electrons. The number of carboxylic acid groups (broad SMARTS) is 1. The van der Waals surface area contributed by atoms with Crippen molar-refractivity contribution in [1.82, 2.24) is 14.9 Å². The van der Waals surface area contributed by atoms with Gasteiger partial charge >= 0.3 is 11.8 Å². The monoisotopic (exact) mass is 213 g/mol. The molecule has 3 N–H and O–H groups in total. The van der Waals surface area contributed by atoms with Gasteiger partial charge in [-0.05, 0) is 6.42 Å². The van der Waals surface area contributed by atoms with E-state index < -0.39 is 17.3 Å². The van der Waals surface area contributed by atoms with E-state index in [-0.39, 0.29) is 13.1 Å². The highest BCUT2D eigenvalue weighted by Crippen LogP contribution is 1.80. The SMILES string of the molecule is O=C(O)NCCCn1c(=O)cc[nH]c1=O. The molecule has 1 rings (SSSR count). The van der Waals surface area contributed by atoms with Gasteiger partial charge in [0, 0.05) is 25.4 Å². The van der Waals surface area contributed by atoms with Crippen LogP contribution in [0.15, 0.2) is 21.9 Å². The van der Waals surface area contributed by atoms with Crippen molar-refractivity contribution in [2.75, 3.05) is 6.54 Å². The zero-order chi connectivity index (χ0) is 11.3. The molecular formula is C8H11N3O4. The number of hydrogen-bond donors (Lipinski definition) is 3. The summed E-state index contributed by atoms with van der Waals surface area (Å²) in [6, 6.07) is 1.24. The van der Waals surface area contributed by atoms with Crippen LogP contribution in [0.25, 0.3) is 0 Å². The third-order valence-electron chi connectivity index (χ3n) is 1.78. The molecule has 0 saturated carbocycles. The fourth-order valence-corrected chi connectivity index (χ4v) is 1.10. The van der Waals surface area contributed by atoms with Gasteiger partial charge in [0.25, 0.3) is 5.56 Å². The van der Waals surface area contributed by atoms with Crippen LogP contribution in [-0.2, 0) is 6.54 Å². The van der Waals surface area contributed by atoms with E-state index in [1.54, 1.807) is 0 Å². The smallest absolute Gasteiger partial charge is 0.404 e. The Morgan fingerprint density at radius 2 is 2.27 bits per heavy atom. The number of rotatable bonds is 4. The predicted octanol–water partition coefficient (Wildman–Crippen LogP) is -0.806. The van der Waals surface area contributed by atoms with Gasteiger partial charge in [-0.25, -0.2) is 9.59 Å². The van der Waals surface area contributed by atoms with Crippen LogP contribution in [0.4, 0.5) is 4.79 Å². The molecule has 1 aromatic heterocycles. The fraction of sp³-hybridized carbons (Fsp3) is 0.375. The first-order valence-electron chi connectivity index (χ1n) is 4.36. The second-order valence-corrected chi connectivity index (χ2v) is 2.86. The summed E-state index contributed by atoms with van der Waals surface area (Å²) in [6.45, 7) is 0.394. The molecule has 0 bridgehead atoms. The average molecular weight is 213 g/mol. The molecule has 0 saturated heterocycles. The third-order valence-corrected chi connectivity index (χ3v) is 1.78. The predicted molar refractivity (Wildman–Crippen MR) is 52.0 cm³/mol. The van der Waals surface area contributed by atoms with Crippen LogP contribution in [0.5, 0.6) is 0 Å². The standard InChI is InChI=1S/C8H11N3O4/c12-6-2-4-9-7(13)11(6)5-1-3-10-8(14)15/h2,4,10H,1,3,5H2,(H,9,13)(H,14,15). The van der Waals surface area contributed by atoms with Crippen LogP contribution in [0.2, 0.25) is 0 Å². The van der Waals surface area contributed by atoms with Crippen LogP contribution < -0.4 is 16.6 Å². The van der Waals surface area contributed by atoms with Crippen LogP contribution >= 0.6 is 0 Å². The number of H-pyrrole nitrogens is 1. The Morgan fingerprint density at radius 3 is 2.87 bits per heavy atom. The Balaban J connectivity index is 2.55. The Kier molecular flexibility index (Phi) is 3.67. The summed E-state index contributed by atoms with van der Waals surface area (Å²) in [5.74, 6) is 0. The number of nitrogens with zero attached hydrogens (tertiary/aromatic N) is 1. The largest absolute Gasteiger partial charge is 0.465 e. The van der Waals surface area contributed by atoms with Crippen molar-refractivity contribution >= 4 is 6.09 Å². The second kappa shape index (κ2) is 4.99. The molecule has 1 aromatic rings. The van der Waals surface area contributed by atoms with Crippen molar-refractivity contribution in [3.05, 3.63) is 33.1 Å². The molecular weight excluding hydrogens is 202 g/mol. The number of hydrogen-bond acceptors (Lipinski definition) is 3. The molecule has 0 aliphatic heterocycles. The van der Waals surface area contributed by atoms with E-state index in [0.717, 1.165) is 4.57 Å². The number of aromatic amines is 1. The van der Waals surface area contributed by atoms with Crippen LogP contribution in [0.3, 0.4) is 0 Å². The van der Waals surface area contributed by atoms with E-state index in [2.05, 4.69) is 10.3 Å². The Bertz CT molecular complexity index is 419. The van der Waals surface area contributed by atoms with E-state index >= 15 is 0 Å². The highest BCUT2D eigenvalue weighted by Gasteiger charge is 2.00. The molecule has 1 heterocycles. The first-order valence-corrected chi connectivity index (χ1v) is 4.36. The van der Waals surface area contributed by atoms with Crippen LogP contribution in [-0.4, -0.2) is 27.3 Å². The molecule has 0 aliphatic rings. The molecule has 0 unspecified atom stereocenters. The minimum atomic E-state index is -1.12. The Labute approximate surface area is 84.4 Å². The minimum absolute atomic E-state index is 0.190. The molecule has 0 aliphatic carbocycles. The lowest BCUT2D eigenvalue weighted by molar-refractivity contribution is 0.194. The van der Waals surface area contributed by atoms with E-state index in [0.29, 0.717) is 6.42 Å². The summed E-state index contributed by atoms with van der Waals surface area (Å²) in [6.07, 6.45) is 0.542. The maximum atomic E-state index is 11.2. The first-order chi connectivity index (χ1) is 7.11.